The van der Waals surface area contributed by atoms with Gasteiger partial charge in [-0.1, -0.05) is 11.6 Å². The molecule has 0 saturated carbocycles. The lowest BCUT2D eigenvalue weighted by atomic mass is 10.2. The van der Waals surface area contributed by atoms with Gasteiger partial charge in [0, 0.05) is 18.7 Å². The van der Waals surface area contributed by atoms with Crippen molar-refractivity contribution in [3.8, 4) is 17.2 Å². The van der Waals surface area contributed by atoms with Gasteiger partial charge < -0.3 is 19.5 Å². The summed E-state index contributed by atoms with van der Waals surface area (Å²) in [5.41, 5.74) is 0.911. The van der Waals surface area contributed by atoms with Crippen molar-refractivity contribution in [1.82, 2.24) is 0 Å². The van der Waals surface area contributed by atoms with Crippen LogP contribution >= 0.6 is 11.6 Å². The van der Waals surface area contributed by atoms with Crippen molar-refractivity contribution in [3.63, 3.8) is 0 Å². The lowest BCUT2D eigenvalue weighted by Gasteiger charge is -2.20. The van der Waals surface area contributed by atoms with Crippen molar-refractivity contribution in [2.24, 2.45) is 0 Å². The summed E-state index contributed by atoms with van der Waals surface area (Å²) >= 11 is 6.05. The molecule has 0 bridgehead atoms. The van der Waals surface area contributed by atoms with Crippen LogP contribution in [0.25, 0.3) is 0 Å². The molecule has 158 valence electrons. The van der Waals surface area contributed by atoms with Crippen LogP contribution in [0.4, 0.5) is 11.4 Å². The molecule has 0 spiro atoms. The second-order valence-electron chi connectivity index (χ2n) is 5.95. The van der Waals surface area contributed by atoms with E-state index in [1.807, 2.05) is 0 Å². The standard InChI is InChI=1S/C19H23ClN2O6S/c1-5-22(29(4,24)25)13-6-8-14(9-7-13)28-12-19(23)21-16-11-17(26-2)15(20)10-18(16)27-3/h6-11H,5,12H2,1-4H3,(H,21,23). The Kier molecular flexibility index (Phi) is 7.58. The Morgan fingerprint density at radius 3 is 2.24 bits per heavy atom. The van der Waals surface area contributed by atoms with Gasteiger partial charge in [0.25, 0.3) is 5.91 Å². The molecule has 8 nitrogen and oxygen atoms in total. The average molecular weight is 443 g/mol. The molecule has 0 atom stereocenters. The first-order valence-electron chi connectivity index (χ1n) is 8.61. The zero-order valence-corrected chi connectivity index (χ0v) is 18.1. The van der Waals surface area contributed by atoms with Crippen molar-refractivity contribution in [1.29, 1.82) is 0 Å². The van der Waals surface area contributed by atoms with E-state index < -0.39 is 15.9 Å². The summed E-state index contributed by atoms with van der Waals surface area (Å²) in [7, 11) is -0.432. The molecular weight excluding hydrogens is 420 g/mol. The molecule has 0 aliphatic heterocycles. The van der Waals surface area contributed by atoms with Crippen LogP contribution in [0.5, 0.6) is 17.2 Å². The maximum atomic E-state index is 12.2. The number of sulfonamides is 1. The molecule has 0 heterocycles. The Bertz CT molecular complexity index is 963. The smallest absolute Gasteiger partial charge is 0.262 e. The number of carbonyl (C=O) groups is 1. The number of hydrogen-bond acceptors (Lipinski definition) is 6. The van der Waals surface area contributed by atoms with Gasteiger partial charge in [0.2, 0.25) is 10.0 Å². The van der Waals surface area contributed by atoms with Gasteiger partial charge in [-0.3, -0.25) is 9.10 Å². The Morgan fingerprint density at radius 1 is 1.10 bits per heavy atom. The van der Waals surface area contributed by atoms with Crippen molar-refractivity contribution >= 4 is 38.9 Å². The molecule has 0 aliphatic carbocycles. The van der Waals surface area contributed by atoms with Gasteiger partial charge >= 0.3 is 0 Å². The molecule has 2 aromatic carbocycles. The van der Waals surface area contributed by atoms with Crippen LogP contribution in [0.15, 0.2) is 36.4 Å². The molecule has 0 unspecified atom stereocenters. The Morgan fingerprint density at radius 2 is 1.72 bits per heavy atom. The maximum absolute atomic E-state index is 12.2. The monoisotopic (exact) mass is 442 g/mol. The third kappa shape index (κ3) is 5.91. The highest BCUT2D eigenvalue weighted by Crippen LogP contribution is 2.35. The van der Waals surface area contributed by atoms with Gasteiger partial charge in [-0.2, -0.15) is 0 Å². The van der Waals surface area contributed by atoms with E-state index in [9.17, 15) is 13.2 Å². The molecule has 2 aromatic rings. The fraction of sp³-hybridized carbons (Fsp3) is 0.316. The third-order valence-corrected chi connectivity index (χ3v) is 5.50. The molecule has 1 N–H and O–H groups in total. The second-order valence-corrected chi connectivity index (χ2v) is 8.26. The van der Waals surface area contributed by atoms with Crippen LogP contribution in [0.2, 0.25) is 5.02 Å². The zero-order chi connectivity index (χ0) is 21.6. The first kappa shape index (κ1) is 22.6. The Balaban J connectivity index is 2.03. The van der Waals surface area contributed by atoms with E-state index in [1.165, 1.54) is 24.6 Å². The summed E-state index contributed by atoms with van der Waals surface area (Å²) in [6.07, 6.45) is 1.14. The van der Waals surface area contributed by atoms with Gasteiger partial charge in [-0.25, -0.2) is 8.42 Å². The Labute approximate surface area is 175 Å². The van der Waals surface area contributed by atoms with Crippen molar-refractivity contribution < 1.29 is 27.4 Å². The van der Waals surface area contributed by atoms with Crippen LogP contribution in [0.1, 0.15) is 6.92 Å². The number of rotatable bonds is 9. The van der Waals surface area contributed by atoms with E-state index in [4.69, 9.17) is 25.8 Å². The van der Waals surface area contributed by atoms with Crippen molar-refractivity contribution in [3.05, 3.63) is 41.4 Å². The van der Waals surface area contributed by atoms with Gasteiger partial charge in [-0.15, -0.1) is 0 Å². The molecule has 0 radical (unpaired) electrons. The SMILES string of the molecule is CCN(c1ccc(OCC(=O)Nc2cc(OC)c(Cl)cc2OC)cc1)S(C)(=O)=O. The number of methoxy groups -OCH3 is 2. The lowest BCUT2D eigenvalue weighted by Crippen LogP contribution is -2.29. The third-order valence-electron chi connectivity index (χ3n) is 3.93. The number of amides is 1. The van der Waals surface area contributed by atoms with E-state index in [2.05, 4.69) is 5.32 Å². The fourth-order valence-electron chi connectivity index (χ4n) is 2.61. The topological polar surface area (TPSA) is 94.2 Å². The minimum absolute atomic E-state index is 0.253. The quantitative estimate of drug-likeness (QED) is 0.641. The van der Waals surface area contributed by atoms with E-state index in [1.54, 1.807) is 37.3 Å². The maximum Gasteiger partial charge on any atom is 0.262 e. The number of anilines is 2. The van der Waals surface area contributed by atoms with E-state index in [0.717, 1.165) is 6.26 Å². The molecule has 0 fully saturated rings. The number of hydrogen-bond donors (Lipinski definition) is 1. The highest BCUT2D eigenvalue weighted by molar-refractivity contribution is 7.92. The summed E-state index contributed by atoms with van der Waals surface area (Å²) in [5, 5.41) is 3.03. The fourth-order valence-corrected chi connectivity index (χ4v) is 3.81. The van der Waals surface area contributed by atoms with E-state index in [0.29, 0.717) is 40.2 Å². The predicted molar refractivity (Wildman–Crippen MR) is 113 cm³/mol. The molecule has 0 aromatic heterocycles. The molecule has 29 heavy (non-hydrogen) atoms. The molecule has 0 saturated heterocycles. The predicted octanol–water partition coefficient (Wildman–Crippen LogP) is 3.16. The highest BCUT2D eigenvalue weighted by Gasteiger charge is 2.16. The number of benzene rings is 2. The van der Waals surface area contributed by atoms with Crippen LogP contribution in [0, 0.1) is 0 Å². The van der Waals surface area contributed by atoms with Crippen molar-refractivity contribution in [2.45, 2.75) is 6.92 Å². The summed E-state index contributed by atoms with van der Waals surface area (Å²) in [5.74, 6) is 0.789. The molecular formula is C19H23ClN2O6S. The van der Waals surface area contributed by atoms with Crippen molar-refractivity contribution in [2.75, 3.05) is 43.2 Å². The molecule has 0 aliphatic rings. The van der Waals surface area contributed by atoms with Crippen LogP contribution < -0.4 is 23.8 Å². The van der Waals surface area contributed by atoms with E-state index >= 15 is 0 Å². The summed E-state index contributed by atoms with van der Waals surface area (Å²) in [4.78, 5) is 12.2. The van der Waals surface area contributed by atoms with Crippen LogP contribution in [0.3, 0.4) is 0 Å². The number of nitrogens with zero attached hydrogens (tertiary/aromatic N) is 1. The molecule has 1 amide bonds. The number of halogens is 1. The van der Waals surface area contributed by atoms with Gasteiger partial charge in [0.1, 0.15) is 17.2 Å². The highest BCUT2D eigenvalue weighted by atomic mass is 35.5. The second kappa shape index (κ2) is 9.71. The zero-order valence-electron chi connectivity index (χ0n) is 16.6. The van der Waals surface area contributed by atoms with E-state index in [-0.39, 0.29) is 6.61 Å². The first-order valence-corrected chi connectivity index (χ1v) is 10.8. The minimum Gasteiger partial charge on any atom is -0.495 e. The molecule has 2 rings (SSSR count). The summed E-state index contributed by atoms with van der Waals surface area (Å²) < 4.78 is 40.6. The summed E-state index contributed by atoms with van der Waals surface area (Å²) in [6, 6.07) is 9.52. The molecule has 10 heteroatoms. The van der Waals surface area contributed by atoms with Gasteiger partial charge in [0.05, 0.1) is 36.9 Å². The largest absolute Gasteiger partial charge is 0.495 e. The lowest BCUT2D eigenvalue weighted by molar-refractivity contribution is -0.118. The number of carbonyl (C=O) groups excluding carboxylic acids is 1. The number of nitrogens with one attached hydrogen (secondary N) is 1. The van der Waals surface area contributed by atoms with Gasteiger partial charge in [0.15, 0.2) is 6.61 Å². The summed E-state index contributed by atoms with van der Waals surface area (Å²) in [6.45, 7) is 1.81. The van der Waals surface area contributed by atoms with Crippen LogP contribution in [-0.2, 0) is 14.8 Å². The average Bonchev–Trinajstić information content (AvgIpc) is 2.67. The number of ether oxygens (including phenoxy) is 3. The Hall–Kier alpha value is -2.65. The first-order chi connectivity index (χ1) is 13.7. The van der Waals surface area contributed by atoms with Gasteiger partial charge in [-0.05, 0) is 31.2 Å². The van der Waals surface area contributed by atoms with Crippen LogP contribution in [-0.4, -0.2) is 48.0 Å². The normalized spacial score (nSPS) is 10.9. The minimum atomic E-state index is -3.36.